The Morgan fingerprint density at radius 3 is 2.52 bits per heavy atom. The zero-order valence-corrected chi connectivity index (χ0v) is 15.3. The van der Waals surface area contributed by atoms with E-state index in [9.17, 15) is 13.2 Å². The standard InChI is InChI=1S/C19H18N2O5S/c1-25-18-10-9-14(27(20,23)24)11-16(18)21-19(22)12-26-17-8-4-6-13-5-2-3-7-15(13)17/h2-11H,12H2,1H3,(H,21,22)(H2,20,23,24). The topological polar surface area (TPSA) is 108 Å². The van der Waals surface area contributed by atoms with Crippen LogP contribution in [0, 0.1) is 0 Å². The molecule has 140 valence electrons. The minimum atomic E-state index is -3.90. The van der Waals surface area contributed by atoms with Gasteiger partial charge in [-0.2, -0.15) is 0 Å². The van der Waals surface area contributed by atoms with Gasteiger partial charge in [-0.25, -0.2) is 13.6 Å². The van der Waals surface area contributed by atoms with Crippen LogP contribution < -0.4 is 19.9 Å². The number of nitrogens with two attached hydrogens (primary N) is 1. The maximum absolute atomic E-state index is 12.3. The number of hydrogen-bond acceptors (Lipinski definition) is 5. The van der Waals surface area contributed by atoms with Crippen LogP contribution in [0.1, 0.15) is 0 Å². The van der Waals surface area contributed by atoms with E-state index in [-0.39, 0.29) is 17.2 Å². The van der Waals surface area contributed by atoms with Crippen molar-refractivity contribution < 1.29 is 22.7 Å². The fraction of sp³-hybridized carbons (Fsp3) is 0.105. The van der Waals surface area contributed by atoms with Gasteiger partial charge in [0.05, 0.1) is 17.7 Å². The average Bonchev–Trinajstić information content (AvgIpc) is 2.65. The minimum Gasteiger partial charge on any atom is -0.495 e. The summed E-state index contributed by atoms with van der Waals surface area (Å²) < 4.78 is 33.8. The molecular weight excluding hydrogens is 368 g/mol. The normalized spacial score (nSPS) is 11.2. The number of primary sulfonamides is 1. The fourth-order valence-electron chi connectivity index (χ4n) is 2.61. The molecule has 3 rings (SSSR count). The van der Waals surface area contributed by atoms with E-state index < -0.39 is 15.9 Å². The smallest absolute Gasteiger partial charge is 0.262 e. The molecule has 0 aromatic heterocycles. The molecule has 27 heavy (non-hydrogen) atoms. The summed E-state index contributed by atoms with van der Waals surface area (Å²) in [6.07, 6.45) is 0. The number of methoxy groups -OCH3 is 1. The zero-order chi connectivity index (χ0) is 19.4. The van der Waals surface area contributed by atoms with Gasteiger partial charge in [0.15, 0.2) is 6.61 Å². The number of carbonyl (C=O) groups is 1. The zero-order valence-electron chi connectivity index (χ0n) is 14.5. The van der Waals surface area contributed by atoms with Crippen molar-refractivity contribution in [2.24, 2.45) is 5.14 Å². The van der Waals surface area contributed by atoms with Crippen LogP contribution in [0.3, 0.4) is 0 Å². The molecule has 0 aliphatic heterocycles. The first kappa shape index (κ1) is 18.7. The maximum Gasteiger partial charge on any atom is 0.262 e. The van der Waals surface area contributed by atoms with E-state index in [1.165, 1.54) is 25.3 Å². The lowest BCUT2D eigenvalue weighted by Gasteiger charge is -2.13. The number of rotatable bonds is 6. The molecule has 0 saturated heterocycles. The lowest BCUT2D eigenvalue weighted by molar-refractivity contribution is -0.118. The lowest BCUT2D eigenvalue weighted by Crippen LogP contribution is -2.21. The second-order valence-electron chi connectivity index (χ2n) is 5.72. The number of ether oxygens (including phenoxy) is 2. The molecule has 0 spiro atoms. The number of nitrogens with one attached hydrogen (secondary N) is 1. The Morgan fingerprint density at radius 2 is 1.78 bits per heavy atom. The van der Waals surface area contributed by atoms with Gasteiger partial charge in [0, 0.05) is 5.39 Å². The second-order valence-corrected chi connectivity index (χ2v) is 7.28. The monoisotopic (exact) mass is 386 g/mol. The number of carbonyl (C=O) groups excluding carboxylic acids is 1. The van der Waals surface area contributed by atoms with Gasteiger partial charge in [0.25, 0.3) is 5.91 Å². The van der Waals surface area contributed by atoms with Crippen molar-refractivity contribution in [3.8, 4) is 11.5 Å². The quantitative estimate of drug-likeness (QED) is 0.677. The molecule has 0 heterocycles. The molecule has 0 radical (unpaired) electrons. The molecule has 0 fully saturated rings. The number of anilines is 1. The van der Waals surface area contributed by atoms with Crippen LogP contribution in [-0.2, 0) is 14.8 Å². The molecule has 0 aliphatic rings. The molecule has 0 bridgehead atoms. The van der Waals surface area contributed by atoms with Gasteiger partial charge in [-0.3, -0.25) is 4.79 Å². The number of benzene rings is 3. The van der Waals surface area contributed by atoms with E-state index in [0.717, 1.165) is 10.8 Å². The van der Waals surface area contributed by atoms with Gasteiger partial charge < -0.3 is 14.8 Å². The summed E-state index contributed by atoms with van der Waals surface area (Å²) >= 11 is 0. The van der Waals surface area contributed by atoms with Gasteiger partial charge in [-0.05, 0) is 29.7 Å². The van der Waals surface area contributed by atoms with Crippen LogP contribution in [0.25, 0.3) is 10.8 Å². The predicted octanol–water partition coefficient (Wildman–Crippen LogP) is 2.51. The van der Waals surface area contributed by atoms with Crippen molar-refractivity contribution in [1.29, 1.82) is 0 Å². The summed E-state index contributed by atoms with van der Waals surface area (Å²) in [6.45, 7) is -0.253. The number of amides is 1. The third-order valence-corrected chi connectivity index (χ3v) is 4.79. The van der Waals surface area contributed by atoms with Gasteiger partial charge >= 0.3 is 0 Å². The van der Waals surface area contributed by atoms with Crippen LogP contribution in [0.15, 0.2) is 65.6 Å². The molecule has 0 unspecified atom stereocenters. The van der Waals surface area contributed by atoms with Crippen LogP contribution in [0.4, 0.5) is 5.69 Å². The van der Waals surface area contributed by atoms with Crippen molar-refractivity contribution >= 4 is 32.4 Å². The van der Waals surface area contributed by atoms with E-state index >= 15 is 0 Å². The van der Waals surface area contributed by atoms with Crippen LogP contribution in [0.2, 0.25) is 0 Å². The Morgan fingerprint density at radius 1 is 1.04 bits per heavy atom. The Balaban J connectivity index is 1.76. The van der Waals surface area contributed by atoms with E-state index in [2.05, 4.69) is 5.32 Å². The first-order valence-corrected chi connectivity index (χ1v) is 9.54. The molecule has 0 atom stereocenters. The lowest BCUT2D eigenvalue weighted by atomic mass is 10.1. The molecular formula is C19H18N2O5S. The maximum atomic E-state index is 12.3. The second kappa shape index (κ2) is 7.65. The van der Waals surface area contributed by atoms with Gasteiger partial charge in [0.2, 0.25) is 10.0 Å². The van der Waals surface area contributed by atoms with Crippen molar-refractivity contribution in [1.82, 2.24) is 0 Å². The SMILES string of the molecule is COc1ccc(S(N)(=O)=O)cc1NC(=O)COc1cccc2ccccc12. The molecule has 3 aromatic carbocycles. The molecule has 0 saturated carbocycles. The van der Waals surface area contributed by atoms with Crippen LogP contribution in [-0.4, -0.2) is 28.0 Å². The van der Waals surface area contributed by atoms with E-state index in [1.54, 1.807) is 6.07 Å². The first-order valence-electron chi connectivity index (χ1n) is 8.00. The molecule has 3 N–H and O–H groups in total. The predicted molar refractivity (Wildman–Crippen MR) is 102 cm³/mol. The summed E-state index contributed by atoms with van der Waals surface area (Å²) in [6, 6.07) is 17.2. The highest BCUT2D eigenvalue weighted by Crippen LogP contribution is 2.28. The summed E-state index contributed by atoms with van der Waals surface area (Å²) in [5.41, 5.74) is 0.190. The van der Waals surface area contributed by atoms with E-state index in [0.29, 0.717) is 11.5 Å². The summed E-state index contributed by atoms with van der Waals surface area (Å²) in [7, 11) is -2.49. The number of sulfonamides is 1. The highest BCUT2D eigenvalue weighted by atomic mass is 32.2. The molecule has 3 aromatic rings. The van der Waals surface area contributed by atoms with Crippen molar-refractivity contribution in [3.63, 3.8) is 0 Å². The Labute approximate surface area is 156 Å². The molecule has 7 nitrogen and oxygen atoms in total. The Kier molecular flexibility index (Phi) is 5.29. The molecule has 0 aliphatic carbocycles. The highest BCUT2D eigenvalue weighted by molar-refractivity contribution is 7.89. The minimum absolute atomic E-state index is 0.131. The number of fused-ring (bicyclic) bond motifs is 1. The van der Waals surface area contributed by atoms with Crippen molar-refractivity contribution in [2.75, 3.05) is 19.0 Å². The summed E-state index contributed by atoms with van der Waals surface area (Å²) in [5, 5.41) is 9.60. The third kappa shape index (κ3) is 4.36. The number of hydrogen-bond donors (Lipinski definition) is 2. The summed E-state index contributed by atoms with van der Waals surface area (Å²) in [5.74, 6) is 0.419. The van der Waals surface area contributed by atoms with E-state index in [1.807, 2.05) is 36.4 Å². The first-order chi connectivity index (χ1) is 12.9. The van der Waals surface area contributed by atoms with Crippen molar-refractivity contribution in [3.05, 3.63) is 60.7 Å². The van der Waals surface area contributed by atoms with E-state index in [4.69, 9.17) is 14.6 Å². The van der Waals surface area contributed by atoms with Crippen LogP contribution in [0.5, 0.6) is 11.5 Å². The largest absolute Gasteiger partial charge is 0.495 e. The average molecular weight is 386 g/mol. The fourth-order valence-corrected chi connectivity index (χ4v) is 3.15. The van der Waals surface area contributed by atoms with Gasteiger partial charge in [0.1, 0.15) is 11.5 Å². The Bertz CT molecular complexity index is 1090. The van der Waals surface area contributed by atoms with Crippen LogP contribution >= 0.6 is 0 Å². The molecule has 8 heteroatoms. The molecule has 1 amide bonds. The van der Waals surface area contributed by atoms with Gasteiger partial charge in [-0.1, -0.05) is 36.4 Å². The summed E-state index contributed by atoms with van der Waals surface area (Å²) in [4.78, 5) is 12.1. The van der Waals surface area contributed by atoms with Crippen molar-refractivity contribution in [2.45, 2.75) is 4.90 Å². The third-order valence-electron chi connectivity index (χ3n) is 3.88. The van der Waals surface area contributed by atoms with Gasteiger partial charge in [-0.15, -0.1) is 0 Å². The Hall–Kier alpha value is -3.10. The highest BCUT2D eigenvalue weighted by Gasteiger charge is 2.14.